The molecule has 20 aromatic rings. The molecule has 15 aromatic carbocycles. The number of rotatable bonds is 8. The van der Waals surface area contributed by atoms with Gasteiger partial charge < -0.3 is 18.3 Å². The fourth-order valence-electron chi connectivity index (χ4n) is 16.8. The zero-order valence-electron chi connectivity index (χ0n) is 52.1. The van der Waals surface area contributed by atoms with E-state index in [-0.39, 0.29) is 0 Å². The lowest BCUT2D eigenvalue weighted by atomic mass is 9.96. The second-order valence-electron chi connectivity index (χ2n) is 25.8. The largest absolute Gasteiger partial charge is 0.309 e. The average Bonchev–Trinajstić information content (AvgIpc) is 1.56. The summed E-state index contributed by atoms with van der Waals surface area (Å²) in [4.78, 5) is 0. The van der Waals surface area contributed by atoms with Crippen molar-refractivity contribution in [3.05, 3.63) is 339 Å². The van der Waals surface area contributed by atoms with E-state index in [0.717, 1.165) is 34.6 Å². The molecular weight excluding hydrogens is 1180 g/mol. The number of fused-ring (bicyclic) bond motifs is 20. The van der Waals surface area contributed by atoms with E-state index in [1.54, 1.807) is 0 Å². The van der Waals surface area contributed by atoms with Gasteiger partial charge in [-0.3, -0.25) is 0 Å². The molecule has 0 N–H and O–H groups in total. The summed E-state index contributed by atoms with van der Waals surface area (Å²) in [6.45, 7) is 0. The molecule has 0 saturated heterocycles. The lowest BCUT2D eigenvalue weighted by Crippen LogP contribution is -1.99. The summed E-state index contributed by atoms with van der Waals surface area (Å²) in [5, 5.41) is 12.5. The highest BCUT2D eigenvalue weighted by Crippen LogP contribution is 2.50. The van der Waals surface area contributed by atoms with Gasteiger partial charge >= 0.3 is 0 Å². The van der Waals surface area contributed by atoms with Gasteiger partial charge in [0.25, 0.3) is 0 Å². The van der Waals surface area contributed by atoms with Crippen molar-refractivity contribution in [3.63, 3.8) is 0 Å². The van der Waals surface area contributed by atoms with Crippen LogP contribution in [0.1, 0.15) is 11.1 Å². The van der Waals surface area contributed by atoms with Crippen molar-refractivity contribution < 1.29 is 0 Å². The predicted octanol–water partition coefficient (Wildman–Crippen LogP) is 24.7. The Kier molecular flexibility index (Phi) is 11.4. The molecule has 0 amide bonds. The summed E-state index contributed by atoms with van der Waals surface area (Å²) < 4.78 is 12.6. The van der Waals surface area contributed by atoms with Gasteiger partial charge in [0.05, 0.1) is 49.8 Å². The van der Waals surface area contributed by atoms with Crippen LogP contribution >= 0.6 is 11.3 Å². The van der Waals surface area contributed by atoms with Crippen molar-refractivity contribution in [2.75, 3.05) is 0 Å². The zero-order chi connectivity index (χ0) is 62.7. The van der Waals surface area contributed by atoms with Gasteiger partial charge in [0.15, 0.2) is 0 Å². The van der Waals surface area contributed by atoms with Crippen molar-refractivity contribution >= 4 is 119 Å². The number of hydrogen-bond acceptors (Lipinski definition) is 1. The number of benzene rings is 15. The smallest absolute Gasteiger partial charge is 0.0549 e. The van der Waals surface area contributed by atoms with Gasteiger partial charge in [-0.05, 0) is 164 Å². The van der Waals surface area contributed by atoms with Crippen molar-refractivity contribution in [2.24, 2.45) is 0 Å². The van der Waals surface area contributed by atoms with Crippen LogP contribution in [0.5, 0.6) is 0 Å². The van der Waals surface area contributed by atoms with E-state index in [0.29, 0.717) is 0 Å². The minimum atomic E-state index is 0.869. The summed E-state index contributed by atoms with van der Waals surface area (Å²) in [5.41, 5.74) is 29.4. The Bertz CT molecular complexity index is 6650. The Morgan fingerprint density at radius 3 is 1.18 bits per heavy atom. The molecule has 5 aromatic heterocycles. The van der Waals surface area contributed by atoms with Crippen molar-refractivity contribution in [3.8, 4) is 78.4 Å². The first-order valence-corrected chi connectivity index (χ1v) is 34.0. The Morgan fingerprint density at radius 2 is 0.573 bits per heavy atom. The Labute approximate surface area is 556 Å². The van der Waals surface area contributed by atoms with Crippen LogP contribution in [0.4, 0.5) is 0 Å². The maximum absolute atomic E-state index is 2.55. The number of aromatic nitrogens is 4. The summed E-state index contributed by atoms with van der Waals surface area (Å²) in [7, 11) is 0. The minimum Gasteiger partial charge on any atom is -0.309 e. The van der Waals surface area contributed by atoms with Crippen molar-refractivity contribution in [2.45, 2.75) is 6.42 Å². The Balaban J connectivity index is 0.723. The summed E-state index contributed by atoms with van der Waals surface area (Å²) in [5.74, 6) is 0. The molecule has 0 spiro atoms. The molecule has 0 radical (unpaired) electrons. The molecular formula is C91H56N4S. The van der Waals surface area contributed by atoms with Crippen LogP contribution in [0.3, 0.4) is 0 Å². The highest BCUT2D eigenvalue weighted by atomic mass is 32.1. The van der Waals surface area contributed by atoms with E-state index < -0.39 is 0 Å². The second kappa shape index (κ2) is 20.6. The van der Waals surface area contributed by atoms with Gasteiger partial charge in [0.1, 0.15) is 0 Å². The first kappa shape index (κ1) is 53.3. The van der Waals surface area contributed by atoms with Crippen LogP contribution in [0, 0.1) is 0 Å². The Hall–Kier alpha value is -12.3. The summed E-state index contributed by atoms with van der Waals surface area (Å²) in [6, 6.07) is 122. The fraction of sp³-hybridized carbons (Fsp3) is 0.0110. The van der Waals surface area contributed by atoms with Crippen molar-refractivity contribution in [1.82, 2.24) is 18.3 Å². The normalized spacial score (nSPS) is 12.3. The molecule has 0 fully saturated rings. The molecule has 96 heavy (non-hydrogen) atoms. The molecule has 0 saturated carbocycles. The summed E-state index contributed by atoms with van der Waals surface area (Å²) in [6.07, 6.45) is 0.869. The molecule has 1 aliphatic rings. The number of hydrogen-bond donors (Lipinski definition) is 0. The summed E-state index contributed by atoms with van der Waals surface area (Å²) >= 11 is 1.91. The lowest BCUT2D eigenvalue weighted by molar-refractivity contribution is 1.12. The third-order valence-electron chi connectivity index (χ3n) is 20.8. The van der Waals surface area contributed by atoms with E-state index in [1.165, 1.54) is 169 Å². The van der Waals surface area contributed by atoms with Gasteiger partial charge in [0.2, 0.25) is 0 Å². The molecule has 0 unspecified atom stereocenters. The fourth-order valence-corrected chi connectivity index (χ4v) is 18.2. The lowest BCUT2D eigenvalue weighted by Gasteiger charge is -2.14. The van der Waals surface area contributed by atoms with Gasteiger partial charge in [-0.2, -0.15) is 0 Å². The van der Waals surface area contributed by atoms with Crippen LogP contribution in [0.15, 0.2) is 328 Å². The molecule has 5 heterocycles. The number of thiophene rings is 1. The maximum atomic E-state index is 2.55. The van der Waals surface area contributed by atoms with Crippen LogP contribution in [0.25, 0.3) is 186 Å². The standard InChI is InChI=1S/C91H56N4S/c1-4-22-56(23-5-1)64-35-18-38-67-68-39-21-45-80(75(68)55-74(64)67)95-79-44-15-12-34-73(79)88-85(95)51-50-82-86(88)71-32-10-13-42-77(71)93(82)62-30-16-26-58(52-62)59-46-47-81-76(54-59)89-84(92(81)61-28-8-3-9-29-61)49-48-83-87(89)72-33-11-14-43-78(72)94(83)63-31-17-27-60(53-63)66-37-20-41-70-69-40-19-36-65(90(69)96-91(66)70)57-24-6-2-7-25-57/h1-54H,55H2. The highest BCUT2D eigenvalue weighted by Gasteiger charge is 2.29. The van der Waals surface area contributed by atoms with E-state index in [1.807, 2.05) is 11.3 Å². The van der Waals surface area contributed by atoms with Crippen molar-refractivity contribution in [1.29, 1.82) is 0 Å². The molecule has 4 nitrogen and oxygen atoms in total. The SMILES string of the molecule is c1ccc(-c2cccc3c2Cc2c-3cccc2-n2c3ccccc3c3c4c5ccccc5n(-c5cccc(-c6ccc7c(c6)c6c8c9ccccc9n(-c9cccc(-c%10cccc%11c%10sc%10c(-c%12ccccc%12)cccc%10%11)c9)c8ccc6n7-c6ccccc6)c5)c4ccc32)cc1. The van der Waals surface area contributed by atoms with Crippen LogP contribution in [0.2, 0.25) is 0 Å². The minimum absolute atomic E-state index is 0.869. The van der Waals surface area contributed by atoms with E-state index in [2.05, 4.69) is 346 Å². The molecule has 0 atom stereocenters. The number of nitrogens with zero attached hydrogens (tertiary/aromatic N) is 4. The van der Waals surface area contributed by atoms with E-state index in [9.17, 15) is 0 Å². The molecule has 446 valence electrons. The van der Waals surface area contributed by atoms with Crippen LogP contribution in [-0.4, -0.2) is 18.3 Å². The molecule has 0 bridgehead atoms. The molecule has 21 rings (SSSR count). The molecule has 1 aliphatic carbocycles. The van der Waals surface area contributed by atoms with Gasteiger partial charge in [-0.15, -0.1) is 11.3 Å². The second-order valence-corrected chi connectivity index (χ2v) is 26.8. The monoisotopic (exact) mass is 1240 g/mol. The van der Waals surface area contributed by atoms with Crippen LogP contribution in [-0.2, 0) is 6.42 Å². The maximum Gasteiger partial charge on any atom is 0.0549 e. The highest BCUT2D eigenvalue weighted by molar-refractivity contribution is 7.26. The first-order valence-electron chi connectivity index (χ1n) is 33.2. The average molecular weight is 1240 g/mol. The topological polar surface area (TPSA) is 19.7 Å². The zero-order valence-corrected chi connectivity index (χ0v) is 52.9. The third-order valence-corrected chi connectivity index (χ3v) is 22.1. The Morgan fingerprint density at radius 1 is 0.208 bits per heavy atom. The van der Waals surface area contributed by atoms with E-state index >= 15 is 0 Å². The van der Waals surface area contributed by atoms with Gasteiger partial charge in [-0.25, -0.2) is 0 Å². The van der Waals surface area contributed by atoms with E-state index in [4.69, 9.17) is 0 Å². The van der Waals surface area contributed by atoms with Gasteiger partial charge in [-0.1, -0.05) is 231 Å². The number of para-hydroxylation sites is 4. The van der Waals surface area contributed by atoms with Gasteiger partial charge in [0, 0.05) is 86.7 Å². The molecule has 0 aliphatic heterocycles. The predicted molar refractivity (Wildman–Crippen MR) is 407 cm³/mol. The molecule has 5 heteroatoms. The third kappa shape index (κ3) is 7.66. The quantitative estimate of drug-likeness (QED) is 0.144. The first-order chi connectivity index (χ1) is 47.7. The van der Waals surface area contributed by atoms with Crippen LogP contribution < -0.4 is 0 Å².